The predicted octanol–water partition coefficient (Wildman–Crippen LogP) is 1.64. The van der Waals surface area contributed by atoms with Gasteiger partial charge in [0.05, 0.1) is 45.8 Å². The van der Waals surface area contributed by atoms with E-state index in [4.69, 9.17) is 9.47 Å². The number of carbonyl (C=O) groups excluding carboxylic acids is 3. The van der Waals surface area contributed by atoms with E-state index in [9.17, 15) is 14.4 Å². The zero-order valence-corrected chi connectivity index (χ0v) is 26.2. The molecule has 9 heteroatoms. The number of nitrogens with zero attached hydrogens (tertiary/aromatic N) is 1. The fourth-order valence-electron chi connectivity index (χ4n) is 6.38. The normalized spacial score (nSPS) is 17.3. The van der Waals surface area contributed by atoms with Gasteiger partial charge in [-0.1, -0.05) is 32.0 Å². The highest BCUT2D eigenvalue weighted by atomic mass is 16.6. The van der Waals surface area contributed by atoms with Crippen LogP contribution in [0.3, 0.4) is 0 Å². The molecule has 41 heavy (non-hydrogen) atoms. The molecule has 3 rings (SSSR count). The van der Waals surface area contributed by atoms with Crippen LogP contribution < -0.4 is 16.0 Å². The van der Waals surface area contributed by atoms with Gasteiger partial charge in [0.1, 0.15) is 11.2 Å². The molecule has 1 amide bonds. The van der Waals surface area contributed by atoms with Gasteiger partial charge in [0.15, 0.2) is 0 Å². The van der Waals surface area contributed by atoms with Crippen molar-refractivity contribution in [1.29, 1.82) is 0 Å². The van der Waals surface area contributed by atoms with Crippen LogP contribution in [0.15, 0.2) is 18.2 Å². The Bertz CT molecular complexity index is 961. The first-order chi connectivity index (χ1) is 19.4. The second-order valence-electron chi connectivity index (χ2n) is 12.8. The number of rotatable bonds is 13. The molecule has 2 fully saturated rings. The van der Waals surface area contributed by atoms with E-state index in [1.807, 2.05) is 45.9 Å². The van der Waals surface area contributed by atoms with Crippen molar-refractivity contribution in [2.75, 3.05) is 51.1 Å². The Hall–Kier alpha value is -2.49. The van der Waals surface area contributed by atoms with Gasteiger partial charge in [-0.2, -0.15) is 0 Å². The number of esters is 2. The van der Waals surface area contributed by atoms with Crippen LogP contribution in [0, 0.1) is 11.8 Å². The molecular formula is C32H54N4O5+2. The molecule has 0 radical (unpaired) electrons. The number of aryl methyl sites for hydroxylation is 2. The molecule has 0 aromatic heterocycles. The van der Waals surface area contributed by atoms with Crippen LogP contribution >= 0.6 is 0 Å². The first-order valence-corrected chi connectivity index (χ1v) is 15.6. The Morgan fingerprint density at radius 2 is 1.20 bits per heavy atom. The number of nitrogens with one attached hydrogen (secondary N) is 1. The van der Waals surface area contributed by atoms with Gasteiger partial charge in [0.2, 0.25) is 5.91 Å². The smallest absolute Gasteiger partial charge is 0.320 e. The molecule has 0 bridgehead atoms. The molecule has 0 spiro atoms. The summed E-state index contributed by atoms with van der Waals surface area (Å²) in [5.74, 6) is -0.578. The van der Waals surface area contributed by atoms with Gasteiger partial charge in [0.25, 0.3) is 0 Å². The average Bonchev–Trinajstić information content (AvgIpc) is 2.93. The molecule has 0 atom stereocenters. The topological polar surface area (TPSA) is 118 Å². The highest BCUT2D eigenvalue weighted by molar-refractivity contribution is 5.94. The van der Waals surface area contributed by atoms with E-state index in [2.05, 4.69) is 29.8 Å². The van der Waals surface area contributed by atoms with Crippen molar-refractivity contribution in [3.8, 4) is 0 Å². The Morgan fingerprint density at radius 1 is 0.780 bits per heavy atom. The summed E-state index contributed by atoms with van der Waals surface area (Å²) < 4.78 is 12.0. The van der Waals surface area contributed by atoms with E-state index in [1.54, 1.807) is 4.90 Å². The number of amides is 1. The molecule has 2 aliphatic rings. The molecule has 0 aliphatic carbocycles. The molecule has 5 N–H and O–H groups in total. The van der Waals surface area contributed by atoms with E-state index >= 15 is 0 Å². The lowest BCUT2D eigenvalue weighted by Gasteiger charge is -2.37. The summed E-state index contributed by atoms with van der Waals surface area (Å²) in [7, 11) is 0. The van der Waals surface area contributed by atoms with Crippen molar-refractivity contribution in [3.63, 3.8) is 0 Å². The Morgan fingerprint density at radius 3 is 1.59 bits per heavy atom. The number of anilines is 1. The van der Waals surface area contributed by atoms with Crippen molar-refractivity contribution in [3.05, 3.63) is 29.3 Å². The van der Waals surface area contributed by atoms with Gasteiger partial charge in [-0.3, -0.25) is 19.3 Å². The van der Waals surface area contributed by atoms with Crippen molar-refractivity contribution < 1.29 is 34.5 Å². The molecule has 230 valence electrons. The Kier molecular flexibility index (Phi) is 12.2. The van der Waals surface area contributed by atoms with Crippen molar-refractivity contribution in [2.45, 2.75) is 91.3 Å². The van der Waals surface area contributed by atoms with Crippen LogP contribution in [0.2, 0.25) is 0 Å². The highest BCUT2D eigenvalue weighted by Gasteiger charge is 2.37. The number of piperidine rings is 2. The number of carbonyl (C=O) groups is 3. The van der Waals surface area contributed by atoms with Crippen molar-refractivity contribution in [2.24, 2.45) is 11.8 Å². The summed E-state index contributed by atoms with van der Waals surface area (Å²) in [5.41, 5.74) is 1.70. The number of ether oxygens (including phenoxy) is 2. The van der Waals surface area contributed by atoms with E-state index in [0.717, 1.165) is 81.5 Å². The maximum Gasteiger partial charge on any atom is 0.320 e. The fourth-order valence-corrected chi connectivity index (χ4v) is 6.38. The van der Waals surface area contributed by atoms with Crippen molar-refractivity contribution >= 4 is 23.5 Å². The first-order valence-electron chi connectivity index (χ1n) is 15.6. The lowest BCUT2D eigenvalue weighted by atomic mass is 9.83. The largest absolute Gasteiger partial charge is 0.458 e. The number of para-hydroxylation sites is 1. The predicted molar refractivity (Wildman–Crippen MR) is 159 cm³/mol. The minimum Gasteiger partial charge on any atom is -0.458 e. The van der Waals surface area contributed by atoms with E-state index in [-0.39, 0.29) is 37.4 Å². The van der Waals surface area contributed by atoms with Gasteiger partial charge in [-0.25, -0.2) is 0 Å². The molecule has 2 heterocycles. The van der Waals surface area contributed by atoms with Gasteiger partial charge < -0.3 is 25.4 Å². The molecular weight excluding hydrogens is 520 g/mol. The highest BCUT2D eigenvalue weighted by Crippen LogP contribution is 2.29. The van der Waals surface area contributed by atoms with Gasteiger partial charge in [-0.15, -0.1) is 0 Å². The third-order valence-electron chi connectivity index (χ3n) is 8.93. The molecule has 2 aliphatic heterocycles. The first kappa shape index (κ1) is 33.0. The van der Waals surface area contributed by atoms with Gasteiger partial charge >= 0.3 is 11.9 Å². The lowest BCUT2D eigenvalue weighted by molar-refractivity contribution is -0.666. The van der Waals surface area contributed by atoms with E-state index < -0.39 is 23.1 Å². The number of hydrogen-bond acceptors (Lipinski definition) is 6. The summed E-state index contributed by atoms with van der Waals surface area (Å²) in [5, 5.41) is 7.64. The third-order valence-corrected chi connectivity index (χ3v) is 8.93. The summed E-state index contributed by atoms with van der Waals surface area (Å²) in [6, 6.07) is 6.03. The van der Waals surface area contributed by atoms with E-state index in [1.165, 1.54) is 0 Å². The summed E-state index contributed by atoms with van der Waals surface area (Å²) in [6.45, 7) is 15.6. The number of benzene rings is 1. The van der Waals surface area contributed by atoms with E-state index in [0.29, 0.717) is 0 Å². The van der Waals surface area contributed by atoms with Crippen LogP contribution in [0.25, 0.3) is 0 Å². The molecule has 1 aromatic carbocycles. The number of quaternary nitrogens is 2. The molecule has 1 aromatic rings. The molecule has 2 saturated heterocycles. The zero-order chi connectivity index (χ0) is 30.0. The van der Waals surface area contributed by atoms with Crippen LogP contribution in [-0.4, -0.2) is 79.8 Å². The molecule has 0 saturated carbocycles. The quantitative estimate of drug-likeness (QED) is 0.309. The summed E-state index contributed by atoms with van der Waals surface area (Å²) >= 11 is 0. The zero-order valence-electron chi connectivity index (χ0n) is 26.2. The minimum atomic E-state index is -0.615. The summed E-state index contributed by atoms with van der Waals surface area (Å²) in [4.78, 5) is 41.3. The second-order valence-corrected chi connectivity index (χ2v) is 12.8. The maximum atomic E-state index is 13.3. The monoisotopic (exact) mass is 574 g/mol. The van der Waals surface area contributed by atoms with Gasteiger partial charge in [-0.05, 0) is 51.7 Å². The van der Waals surface area contributed by atoms with Crippen LogP contribution in [-0.2, 0) is 36.7 Å². The molecule has 9 nitrogen and oxygen atoms in total. The fraction of sp³-hybridized carbons (Fsp3) is 0.719. The standard InChI is InChI=1S/C32H52N4O5/c1-7-23-10-9-11-24(8-2)30(23)35-27(37)20-36(21-28(38)40-31(3,4)25-12-16-33-17-13-25)22-29(39)41-32(5,6)26-14-18-34-19-15-26/h9-11,25-26,33-34H,7-8,12-22H2,1-6H3,(H,35,37)/p+2. The van der Waals surface area contributed by atoms with Crippen molar-refractivity contribution in [1.82, 2.24) is 4.90 Å². The lowest BCUT2D eigenvalue weighted by Crippen LogP contribution is -2.86. The SMILES string of the molecule is CCc1cccc(CC)c1NC(=O)CN(CC(=O)OC(C)(C)C1CC[NH2+]CC1)CC(=O)OC(C)(C)C1CC[NH2+]CC1. The van der Waals surface area contributed by atoms with Crippen LogP contribution in [0.1, 0.15) is 78.4 Å². The maximum absolute atomic E-state index is 13.3. The number of nitrogens with two attached hydrogens (primary N) is 2. The molecule has 0 unspecified atom stereocenters. The Labute approximate surface area is 246 Å². The second kappa shape index (κ2) is 15.1. The average molecular weight is 575 g/mol. The summed E-state index contributed by atoms with van der Waals surface area (Å²) in [6.07, 6.45) is 5.53. The van der Waals surface area contributed by atoms with Gasteiger partial charge in [0, 0.05) is 43.2 Å². The van der Waals surface area contributed by atoms with Crippen LogP contribution in [0.5, 0.6) is 0 Å². The Balaban J connectivity index is 1.71. The van der Waals surface area contributed by atoms with Crippen LogP contribution in [0.4, 0.5) is 5.69 Å². The number of hydrogen-bond donors (Lipinski definition) is 3. The third kappa shape index (κ3) is 9.79. The minimum absolute atomic E-state index is 0.122.